The number of alkyl halides is 1. The molecule has 0 radical (unpaired) electrons. The Kier molecular flexibility index (Phi) is 4.42. The molecule has 0 spiro atoms. The lowest BCUT2D eigenvalue weighted by Crippen LogP contribution is -2.08. The van der Waals surface area contributed by atoms with Crippen molar-refractivity contribution in [2.24, 2.45) is 0 Å². The number of rotatable bonds is 1. The SMILES string of the molecule is Fc1ccc2c(c1)[C@H]1OC(CI)C[C@@H]1c1cc(I)ccc1S2. The van der Waals surface area contributed by atoms with Gasteiger partial charge < -0.3 is 4.74 Å². The molecule has 2 aliphatic rings. The molecule has 2 aliphatic heterocycles. The Balaban J connectivity index is 1.90. The third kappa shape index (κ3) is 2.71. The van der Waals surface area contributed by atoms with Gasteiger partial charge in [0.05, 0.1) is 12.2 Å². The maximum Gasteiger partial charge on any atom is 0.123 e. The first-order valence-electron chi connectivity index (χ1n) is 7.14. The van der Waals surface area contributed by atoms with Gasteiger partial charge in [0.15, 0.2) is 0 Å². The highest BCUT2D eigenvalue weighted by Crippen LogP contribution is 2.53. The molecule has 0 saturated carbocycles. The lowest BCUT2D eigenvalue weighted by Gasteiger charge is -2.19. The van der Waals surface area contributed by atoms with Crippen molar-refractivity contribution in [1.29, 1.82) is 0 Å². The molecule has 4 rings (SSSR count). The first kappa shape index (κ1) is 15.7. The first-order chi connectivity index (χ1) is 10.7. The van der Waals surface area contributed by atoms with Crippen LogP contribution in [0.1, 0.15) is 29.6 Å². The Labute approximate surface area is 160 Å². The second kappa shape index (κ2) is 6.22. The molecule has 1 nitrogen and oxygen atoms in total. The average molecular weight is 538 g/mol. The minimum Gasteiger partial charge on any atom is -0.369 e. The van der Waals surface area contributed by atoms with Gasteiger partial charge in [-0.05, 0) is 76.5 Å². The van der Waals surface area contributed by atoms with E-state index in [-0.39, 0.29) is 18.0 Å². The second-order valence-corrected chi connectivity index (χ2v) is 8.85. The highest BCUT2D eigenvalue weighted by molar-refractivity contribution is 14.1. The van der Waals surface area contributed by atoms with Crippen molar-refractivity contribution >= 4 is 56.9 Å². The number of halogens is 3. The summed E-state index contributed by atoms with van der Waals surface area (Å²) in [6.07, 6.45) is 1.23. The summed E-state index contributed by atoms with van der Waals surface area (Å²) in [6, 6.07) is 11.7. The average Bonchev–Trinajstić information content (AvgIpc) is 2.90. The summed E-state index contributed by atoms with van der Waals surface area (Å²) in [4.78, 5) is 2.39. The van der Waals surface area contributed by atoms with Crippen LogP contribution in [0.25, 0.3) is 0 Å². The van der Waals surface area contributed by atoms with Crippen molar-refractivity contribution in [2.45, 2.75) is 34.3 Å². The van der Waals surface area contributed by atoms with Crippen molar-refractivity contribution in [2.75, 3.05) is 4.43 Å². The molecular formula is C17H13FI2OS. The zero-order valence-electron chi connectivity index (χ0n) is 11.6. The van der Waals surface area contributed by atoms with Crippen LogP contribution in [-0.4, -0.2) is 10.5 Å². The predicted molar refractivity (Wildman–Crippen MR) is 104 cm³/mol. The van der Waals surface area contributed by atoms with E-state index < -0.39 is 0 Å². The third-order valence-corrected chi connectivity index (χ3v) is 7.10. The Morgan fingerprint density at radius 1 is 1.14 bits per heavy atom. The molecule has 2 heterocycles. The van der Waals surface area contributed by atoms with E-state index in [9.17, 15) is 4.39 Å². The lowest BCUT2D eigenvalue weighted by molar-refractivity contribution is 0.0533. The van der Waals surface area contributed by atoms with E-state index in [1.807, 2.05) is 6.07 Å². The van der Waals surface area contributed by atoms with Crippen molar-refractivity contribution in [3.63, 3.8) is 0 Å². The van der Waals surface area contributed by atoms with Crippen LogP contribution in [0.5, 0.6) is 0 Å². The molecule has 1 saturated heterocycles. The third-order valence-electron chi connectivity index (χ3n) is 4.26. The topological polar surface area (TPSA) is 9.23 Å². The normalized spacial score (nSPS) is 26.0. The van der Waals surface area contributed by atoms with Gasteiger partial charge in [-0.1, -0.05) is 34.4 Å². The van der Waals surface area contributed by atoms with Crippen LogP contribution in [0.15, 0.2) is 46.2 Å². The fourth-order valence-electron chi connectivity index (χ4n) is 3.30. The molecule has 0 bridgehead atoms. The number of hydrogen-bond donors (Lipinski definition) is 0. The molecular weight excluding hydrogens is 525 g/mol. The van der Waals surface area contributed by atoms with Gasteiger partial charge in [0.2, 0.25) is 0 Å². The summed E-state index contributed by atoms with van der Waals surface area (Å²) in [7, 11) is 0. The van der Waals surface area contributed by atoms with Crippen LogP contribution in [0, 0.1) is 9.39 Å². The van der Waals surface area contributed by atoms with E-state index in [0.717, 1.165) is 21.3 Å². The van der Waals surface area contributed by atoms with Crippen LogP contribution in [0.4, 0.5) is 4.39 Å². The fourth-order valence-corrected chi connectivity index (χ4v) is 5.51. The molecule has 1 unspecified atom stereocenters. The molecule has 2 aromatic carbocycles. The highest BCUT2D eigenvalue weighted by atomic mass is 127. The second-order valence-electron chi connectivity index (χ2n) is 5.64. The number of benzene rings is 2. The molecule has 0 N–H and O–H groups in total. The molecule has 2 aromatic rings. The van der Waals surface area contributed by atoms with Gasteiger partial charge in [-0.2, -0.15) is 0 Å². The summed E-state index contributed by atoms with van der Waals surface area (Å²) >= 11 is 6.47. The van der Waals surface area contributed by atoms with Gasteiger partial charge in [0, 0.05) is 23.7 Å². The van der Waals surface area contributed by atoms with E-state index in [4.69, 9.17) is 4.74 Å². The molecule has 114 valence electrons. The monoisotopic (exact) mass is 538 g/mol. The van der Waals surface area contributed by atoms with Gasteiger partial charge in [-0.25, -0.2) is 4.39 Å². The maximum absolute atomic E-state index is 13.8. The van der Waals surface area contributed by atoms with Gasteiger partial charge in [-0.15, -0.1) is 0 Å². The van der Waals surface area contributed by atoms with E-state index >= 15 is 0 Å². The maximum atomic E-state index is 13.8. The van der Waals surface area contributed by atoms with Crippen LogP contribution in [0.2, 0.25) is 0 Å². The van der Waals surface area contributed by atoms with Gasteiger partial charge in [0.1, 0.15) is 5.82 Å². The van der Waals surface area contributed by atoms with Crippen LogP contribution >= 0.6 is 56.9 Å². The molecule has 0 aromatic heterocycles. The number of fused-ring (bicyclic) bond motifs is 5. The summed E-state index contributed by atoms with van der Waals surface area (Å²) < 4.78 is 22.3. The largest absolute Gasteiger partial charge is 0.369 e. The quantitative estimate of drug-likeness (QED) is 0.329. The Bertz CT molecular complexity index is 677. The van der Waals surface area contributed by atoms with E-state index in [0.29, 0.717) is 5.92 Å². The minimum atomic E-state index is -0.180. The smallest absolute Gasteiger partial charge is 0.123 e. The van der Waals surface area contributed by atoms with Crippen LogP contribution < -0.4 is 0 Å². The molecule has 5 heteroatoms. The molecule has 0 amide bonds. The molecule has 22 heavy (non-hydrogen) atoms. The van der Waals surface area contributed by atoms with Crippen molar-refractivity contribution in [3.05, 3.63) is 56.9 Å². The summed E-state index contributed by atoms with van der Waals surface area (Å²) in [5, 5.41) is 0. The lowest BCUT2D eigenvalue weighted by atomic mass is 9.88. The van der Waals surface area contributed by atoms with Gasteiger partial charge in [-0.3, -0.25) is 0 Å². The Hall–Kier alpha value is 0.140. The fraction of sp³-hybridized carbons (Fsp3) is 0.294. The zero-order valence-corrected chi connectivity index (χ0v) is 16.7. The summed E-state index contributed by atoms with van der Waals surface area (Å²) in [5.41, 5.74) is 2.36. The summed E-state index contributed by atoms with van der Waals surface area (Å²) in [6.45, 7) is 0. The first-order valence-corrected chi connectivity index (χ1v) is 10.6. The van der Waals surface area contributed by atoms with Gasteiger partial charge in [0.25, 0.3) is 0 Å². The van der Waals surface area contributed by atoms with E-state index in [1.54, 1.807) is 23.9 Å². The van der Waals surface area contributed by atoms with Crippen molar-refractivity contribution in [3.8, 4) is 0 Å². The standard InChI is InChI=1S/C17H13FI2OS/c18-9-1-3-16-14(5-9)17-13(7-11(8-19)21-17)12-6-10(20)2-4-15(12)22-16/h1-6,11,13,17H,7-8H2/t11?,13-,17+/m1/s1. The van der Waals surface area contributed by atoms with Gasteiger partial charge >= 0.3 is 0 Å². The summed E-state index contributed by atoms with van der Waals surface area (Å²) in [5.74, 6) is 0.139. The number of hydrogen-bond acceptors (Lipinski definition) is 2. The highest BCUT2D eigenvalue weighted by Gasteiger charge is 2.40. The van der Waals surface area contributed by atoms with Crippen molar-refractivity contribution in [1.82, 2.24) is 0 Å². The van der Waals surface area contributed by atoms with E-state index in [2.05, 4.69) is 63.4 Å². The molecule has 0 aliphatic carbocycles. The van der Waals surface area contributed by atoms with Crippen molar-refractivity contribution < 1.29 is 9.13 Å². The zero-order chi connectivity index (χ0) is 15.3. The Morgan fingerprint density at radius 2 is 1.91 bits per heavy atom. The van der Waals surface area contributed by atoms with Crippen LogP contribution in [0.3, 0.4) is 0 Å². The van der Waals surface area contributed by atoms with E-state index in [1.165, 1.54) is 14.0 Å². The predicted octanol–water partition coefficient (Wildman–Crippen LogP) is 5.94. The molecule has 3 atom stereocenters. The van der Waals surface area contributed by atoms with Crippen LogP contribution in [-0.2, 0) is 4.74 Å². The minimum absolute atomic E-state index is 0.0302. The molecule has 1 fully saturated rings. The Morgan fingerprint density at radius 3 is 2.73 bits per heavy atom. The number of ether oxygens (including phenoxy) is 1.